The summed E-state index contributed by atoms with van der Waals surface area (Å²) in [6, 6.07) is -0.294. The molecule has 3 amide bonds. The molecule has 0 aromatic carbocycles. The Morgan fingerprint density at radius 2 is 2.08 bits per heavy atom. The number of hydrogen-bond acceptors (Lipinski definition) is 5. The van der Waals surface area contributed by atoms with Crippen LogP contribution in [0.15, 0.2) is 0 Å². The molecule has 3 fully saturated rings. The quantitative estimate of drug-likeness (QED) is 0.616. The van der Waals surface area contributed by atoms with Crippen molar-refractivity contribution in [2.45, 2.75) is 57.9 Å². The summed E-state index contributed by atoms with van der Waals surface area (Å²) >= 11 is 0. The minimum absolute atomic E-state index is 0.0945. The van der Waals surface area contributed by atoms with E-state index in [1.165, 1.54) is 4.90 Å². The van der Waals surface area contributed by atoms with Gasteiger partial charge in [-0.15, -0.1) is 0 Å². The zero-order valence-corrected chi connectivity index (χ0v) is 15.3. The third kappa shape index (κ3) is 3.38. The Balaban J connectivity index is 1.65. The summed E-state index contributed by atoms with van der Waals surface area (Å²) in [6.07, 6.45) is 5.44. The van der Waals surface area contributed by atoms with Crippen LogP contribution >= 0.6 is 0 Å². The highest BCUT2D eigenvalue weighted by Crippen LogP contribution is 2.38. The van der Waals surface area contributed by atoms with Gasteiger partial charge in [-0.25, -0.2) is 9.69 Å². The van der Waals surface area contributed by atoms with Crippen molar-refractivity contribution in [3.8, 4) is 0 Å². The van der Waals surface area contributed by atoms with Gasteiger partial charge in [-0.2, -0.15) is 0 Å². The van der Waals surface area contributed by atoms with E-state index in [0.29, 0.717) is 13.2 Å². The molecular weight excluding hydrogens is 322 g/mol. The molecule has 2 aliphatic heterocycles. The van der Waals surface area contributed by atoms with E-state index in [1.807, 2.05) is 4.90 Å². The zero-order valence-electron chi connectivity index (χ0n) is 15.3. The number of carbonyl (C=O) groups is 3. The monoisotopic (exact) mass is 351 g/mol. The summed E-state index contributed by atoms with van der Waals surface area (Å²) in [5.74, 6) is -0.280. The van der Waals surface area contributed by atoms with Gasteiger partial charge in [-0.05, 0) is 45.1 Å². The lowest BCUT2D eigenvalue weighted by Crippen LogP contribution is -2.54. The molecule has 1 saturated carbocycles. The Bertz CT molecular complexity index is 552. The second-order valence-corrected chi connectivity index (χ2v) is 7.59. The number of urea groups is 1. The number of nitrogens with one attached hydrogen (secondary N) is 1. The van der Waals surface area contributed by atoms with Crippen LogP contribution in [0.2, 0.25) is 0 Å². The highest BCUT2D eigenvalue weighted by Gasteiger charge is 2.55. The Morgan fingerprint density at radius 3 is 2.80 bits per heavy atom. The molecule has 3 rings (SSSR count). The van der Waals surface area contributed by atoms with Crippen molar-refractivity contribution in [2.24, 2.45) is 11.8 Å². The minimum Gasteiger partial charge on any atom is -0.466 e. The molecule has 3 aliphatic rings. The molecule has 1 spiro atoms. The van der Waals surface area contributed by atoms with Crippen molar-refractivity contribution >= 4 is 17.9 Å². The van der Waals surface area contributed by atoms with Gasteiger partial charge in [0.1, 0.15) is 5.54 Å². The Morgan fingerprint density at radius 1 is 1.28 bits per heavy atom. The van der Waals surface area contributed by atoms with E-state index < -0.39 is 5.54 Å². The van der Waals surface area contributed by atoms with E-state index in [1.54, 1.807) is 6.92 Å². The number of ether oxygens (including phenoxy) is 1. The molecule has 0 unspecified atom stereocenters. The van der Waals surface area contributed by atoms with Crippen LogP contribution < -0.4 is 5.32 Å². The predicted molar refractivity (Wildman–Crippen MR) is 91.5 cm³/mol. The van der Waals surface area contributed by atoms with Gasteiger partial charge in [-0.1, -0.05) is 19.8 Å². The molecular formula is C18H29N3O4. The zero-order chi connectivity index (χ0) is 18.0. The van der Waals surface area contributed by atoms with Crippen molar-refractivity contribution in [2.75, 3.05) is 26.4 Å². The highest BCUT2D eigenvalue weighted by atomic mass is 16.5. The van der Waals surface area contributed by atoms with Crippen molar-refractivity contribution in [3.63, 3.8) is 0 Å². The smallest absolute Gasteiger partial charge is 0.326 e. The second-order valence-electron chi connectivity index (χ2n) is 7.59. The van der Waals surface area contributed by atoms with Crippen molar-refractivity contribution in [3.05, 3.63) is 0 Å². The standard InChI is InChI=1S/C18H29N3O4/c1-3-25-15(22)14-8-6-10-20(11-14)12-21-16(23)18(19-17(21)24)9-5-4-7-13(18)2/h13-14H,3-12H2,1-2H3,(H,19,24)/t13-,14-,18-/m1/s1. The molecule has 1 aliphatic carbocycles. The Hall–Kier alpha value is -1.63. The van der Waals surface area contributed by atoms with Crippen LogP contribution in [-0.4, -0.2) is 59.6 Å². The van der Waals surface area contributed by atoms with Crippen molar-refractivity contribution < 1.29 is 19.1 Å². The van der Waals surface area contributed by atoms with Crippen molar-refractivity contribution in [1.29, 1.82) is 0 Å². The maximum Gasteiger partial charge on any atom is 0.326 e. The van der Waals surface area contributed by atoms with Gasteiger partial charge in [-0.3, -0.25) is 14.5 Å². The summed E-state index contributed by atoms with van der Waals surface area (Å²) in [5.41, 5.74) is -0.717. The first-order valence-corrected chi connectivity index (χ1v) is 9.51. The summed E-state index contributed by atoms with van der Waals surface area (Å²) < 4.78 is 5.12. The molecule has 0 aromatic rings. The first-order valence-electron chi connectivity index (χ1n) is 9.51. The fraction of sp³-hybridized carbons (Fsp3) is 0.833. The molecule has 3 atom stereocenters. The van der Waals surface area contributed by atoms with E-state index in [-0.39, 0.29) is 36.4 Å². The van der Waals surface area contributed by atoms with Gasteiger partial charge in [0.2, 0.25) is 0 Å². The van der Waals surface area contributed by atoms with Crippen LogP contribution in [0.1, 0.15) is 52.4 Å². The molecule has 0 radical (unpaired) electrons. The third-order valence-corrected chi connectivity index (χ3v) is 5.97. The molecule has 0 bridgehead atoms. The van der Waals surface area contributed by atoms with E-state index in [9.17, 15) is 14.4 Å². The maximum absolute atomic E-state index is 13.0. The number of amides is 3. The number of imide groups is 1. The number of carbonyl (C=O) groups excluding carboxylic acids is 3. The second kappa shape index (κ2) is 7.32. The van der Waals surface area contributed by atoms with E-state index in [0.717, 1.165) is 45.1 Å². The number of esters is 1. The van der Waals surface area contributed by atoms with Gasteiger partial charge in [0.05, 0.1) is 19.2 Å². The summed E-state index contributed by atoms with van der Waals surface area (Å²) in [7, 11) is 0. The normalized spacial score (nSPS) is 33.6. The van der Waals surface area contributed by atoms with Crippen LogP contribution in [0.3, 0.4) is 0 Å². The lowest BCUT2D eigenvalue weighted by atomic mass is 9.73. The van der Waals surface area contributed by atoms with Crippen LogP contribution in [0.5, 0.6) is 0 Å². The van der Waals surface area contributed by atoms with Gasteiger partial charge in [0.25, 0.3) is 5.91 Å². The molecule has 25 heavy (non-hydrogen) atoms. The van der Waals surface area contributed by atoms with Gasteiger partial charge < -0.3 is 10.1 Å². The van der Waals surface area contributed by atoms with Gasteiger partial charge >= 0.3 is 12.0 Å². The van der Waals surface area contributed by atoms with Crippen LogP contribution in [-0.2, 0) is 14.3 Å². The molecule has 7 nitrogen and oxygen atoms in total. The molecule has 0 aromatic heterocycles. The fourth-order valence-electron chi connectivity index (χ4n) is 4.46. The van der Waals surface area contributed by atoms with E-state index in [4.69, 9.17) is 4.74 Å². The largest absolute Gasteiger partial charge is 0.466 e. The molecule has 2 saturated heterocycles. The summed E-state index contributed by atoms with van der Waals surface area (Å²) in [6.45, 7) is 5.82. The molecule has 7 heteroatoms. The number of piperidine rings is 1. The van der Waals surface area contributed by atoms with E-state index in [2.05, 4.69) is 12.2 Å². The van der Waals surface area contributed by atoms with Gasteiger partial charge in [0, 0.05) is 6.54 Å². The van der Waals surface area contributed by atoms with Crippen molar-refractivity contribution in [1.82, 2.24) is 15.1 Å². The fourth-order valence-corrected chi connectivity index (χ4v) is 4.46. The number of rotatable bonds is 4. The topological polar surface area (TPSA) is 79.0 Å². The average molecular weight is 351 g/mol. The Labute approximate surface area is 149 Å². The maximum atomic E-state index is 13.0. The number of likely N-dealkylation sites (tertiary alicyclic amines) is 1. The Kier molecular flexibility index (Phi) is 5.32. The average Bonchev–Trinajstić information content (AvgIpc) is 2.83. The third-order valence-electron chi connectivity index (χ3n) is 5.97. The first-order chi connectivity index (χ1) is 12.0. The van der Waals surface area contributed by atoms with Crippen LogP contribution in [0.4, 0.5) is 4.79 Å². The van der Waals surface area contributed by atoms with Gasteiger partial charge in [0.15, 0.2) is 0 Å². The number of nitrogens with zero attached hydrogens (tertiary/aromatic N) is 2. The highest BCUT2D eigenvalue weighted by molar-refractivity contribution is 6.07. The molecule has 1 N–H and O–H groups in total. The SMILES string of the molecule is CCOC(=O)[C@@H]1CCCN(CN2C(=O)N[C@@]3(CCCC[C@H]3C)C2=O)C1. The molecule has 2 heterocycles. The lowest BCUT2D eigenvalue weighted by molar-refractivity contribution is -0.150. The number of hydrogen-bond donors (Lipinski definition) is 1. The first kappa shape index (κ1) is 18.2. The lowest BCUT2D eigenvalue weighted by Gasteiger charge is -2.37. The molecule has 140 valence electrons. The van der Waals surface area contributed by atoms with Crippen LogP contribution in [0.25, 0.3) is 0 Å². The van der Waals surface area contributed by atoms with E-state index >= 15 is 0 Å². The summed E-state index contributed by atoms with van der Waals surface area (Å²) in [4.78, 5) is 40.8. The summed E-state index contributed by atoms with van der Waals surface area (Å²) in [5, 5.41) is 2.98. The minimum atomic E-state index is -0.717. The van der Waals surface area contributed by atoms with Crippen LogP contribution in [0, 0.1) is 11.8 Å². The predicted octanol–water partition coefficient (Wildman–Crippen LogP) is 1.72.